The van der Waals surface area contributed by atoms with E-state index in [9.17, 15) is 9.59 Å². The van der Waals surface area contributed by atoms with Crippen molar-refractivity contribution < 1.29 is 19.4 Å². The minimum atomic E-state index is -1.02. The summed E-state index contributed by atoms with van der Waals surface area (Å²) in [6.07, 6.45) is 2.59. The molecule has 0 bridgehead atoms. The monoisotopic (exact) mass is 291 g/mol. The fraction of sp³-hybridized carbons (Fsp3) is 0.500. The number of aryl methyl sites for hydroxylation is 1. The van der Waals surface area contributed by atoms with Gasteiger partial charge in [-0.05, 0) is 30.4 Å². The molecule has 0 heterocycles. The summed E-state index contributed by atoms with van der Waals surface area (Å²) in [6.45, 7) is 0.310. The van der Waals surface area contributed by atoms with Crippen molar-refractivity contribution in [2.24, 2.45) is 5.92 Å². The average Bonchev–Trinajstić information content (AvgIpc) is 2.50. The van der Waals surface area contributed by atoms with Crippen molar-refractivity contribution in [1.29, 1.82) is 0 Å². The second-order valence-electron chi connectivity index (χ2n) is 5.39. The minimum Gasteiger partial charge on any atom is -0.480 e. The highest BCUT2D eigenvalue weighted by Gasteiger charge is 2.28. The molecule has 0 spiro atoms. The predicted octanol–water partition coefficient (Wildman–Crippen LogP) is 1.40. The quantitative estimate of drug-likeness (QED) is 0.830. The van der Waals surface area contributed by atoms with E-state index < -0.39 is 12.0 Å². The Kier molecular flexibility index (Phi) is 5.33. The molecule has 2 rings (SSSR count). The predicted molar refractivity (Wildman–Crippen MR) is 78.0 cm³/mol. The topological polar surface area (TPSA) is 75.6 Å². The maximum Gasteiger partial charge on any atom is 0.326 e. The molecular weight excluding hydrogens is 270 g/mol. The van der Waals surface area contributed by atoms with Gasteiger partial charge < -0.3 is 15.2 Å². The van der Waals surface area contributed by atoms with E-state index in [-0.39, 0.29) is 18.2 Å². The highest BCUT2D eigenvalue weighted by molar-refractivity contribution is 5.85. The van der Waals surface area contributed by atoms with Crippen LogP contribution in [0, 0.1) is 5.92 Å². The highest BCUT2D eigenvalue weighted by Crippen LogP contribution is 2.25. The number of carboxylic acid groups (broad SMARTS) is 1. The van der Waals surface area contributed by atoms with Crippen molar-refractivity contribution in [2.75, 3.05) is 13.7 Å². The number of hydrogen-bond acceptors (Lipinski definition) is 3. The molecule has 2 atom stereocenters. The summed E-state index contributed by atoms with van der Waals surface area (Å²) in [6, 6.07) is 7.22. The summed E-state index contributed by atoms with van der Waals surface area (Å²) in [5, 5.41) is 11.8. The van der Waals surface area contributed by atoms with E-state index in [1.54, 1.807) is 0 Å². The fourth-order valence-electron chi connectivity index (χ4n) is 2.70. The first-order chi connectivity index (χ1) is 10.1. The second-order valence-corrected chi connectivity index (χ2v) is 5.39. The van der Waals surface area contributed by atoms with Crippen LogP contribution in [0.15, 0.2) is 24.3 Å². The zero-order valence-corrected chi connectivity index (χ0v) is 12.2. The number of nitrogens with one attached hydrogen (secondary N) is 1. The van der Waals surface area contributed by atoms with E-state index in [4.69, 9.17) is 9.84 Å². The first-order valence-electron chi connectivity index (χ1n) is 7.20. The molecule has 2 unspecified atom stereocenters. The van der Waals surface area contributed by atoms with Crippen LogP contribution in [0.5, 0.6) is 0 Å². The van der Waals surface area contributed by atoms with Crippen LogP contribution >= 0.6 is 0 Å². The standard InChI is InChI=1S/C16H21NO4/c1-21-9-8-14(16(19)20)17-15(18)13-7-6-11-4-2-3-5-12(11)10-13/h2-5,13-14H,6-10H2,1H3,(H,17,18)(H,19,20). The Bertz CT molecular complexity index is 515. The molecule has 114 valence electrons. The van der Waals surface area contributed by atoms with Crippen LogP contribution in [0.25, 0.3) is 0 Å². The number of ether oxygens (including phenoxy) is 1. The molecule has 1 aliphatic carbocycles. The maximum atomic E-state index is 12.3. The summed E-state index contributed by atoms with van der Waals surface area (Å²) in [5.74, 6) is -1.34. The van der Waals surface area contributed by atoms with Gasteiger partial charge in [-0.1, -0.05) is 24.3 Å². The van der Waals surface area contributed by atoms with Gasteiger partial charge in [0.2, 0.25) is 5.91 Å². The van der Waals surface area contributed by atoms with Gasteiger partial charge >= 0.3 is 5.97 Å². The minimum absolute atomic E-state index is 0.149. The van der Waals surface area contributed by atoms with Crippen LogP contribution in [0.2, 0.25) is 0 Å². The number of benzene rings is 1. The number of aliphatic carboxylic acids is 1. The molecule has 2 N–H and O–H groups in total. The van der Waals surface area contributed by atoms with Gasteiger partial charge in [0.15, 0.2) is 0 Å². The van der Waals surface area contributed by atoms with Crippen LogP contribution < -0.4 is 5.32 Å². The molecule has 0 fully saturated rings. The van der Waals surface area contributed by atoms with Crippen molar-refractivity contribution in [2.45, 2.75) is 31.7 Å². The fourth-order valence-corrected chi connectivity index (χ4v) is 2.70. The van der Waals surface area contributed by atoms with Crippen LogP contribution in [0.1, 0.15) is 24.0 Å². The molecule has 1 aliphatic rings. The number of amides is 1. The van der Waals surface area contributed by atoms with Gasteiger partial charge in [-0.2, -0.15) is 0 Å². The molecule has 0 aromatic heterocycles. The highest BCUT2D eigenvalue weighted by atomic mass is 16.5. The first kappa shape index (κ1) is 15.5. The molecule has 0 radical (unpaired) electrons. The molecule has 5 nitrogen and oxygen atoms in total. The van der Waals surface area contributed by atoms with Crippen LogP contribution in [0.4, 0.5) is 0 Å². The molecule has 0 saturated carbocycles. The van der Waals surface area contributed by atoms with E-state index in [2.05, 4.69) is 11.4 Å². The molecule has 1 aromatic carbocycles. The smallest absolute Gasteiger partial charge is 0.326 e. The number of carboxylic acids is 1. The van der Waals surface area contributed by atoms with Crippen molar-refractivity contribution in [1.82, 2.24) is 5.32 Å². The average molecular weight is 291 g/mol. The Morgan fingerprint density at radius 2 is 2.10 bits per heavy atom. The number of carbonyl (C=O) groups excluding carboxylic acids is 1. The number of carbonyl (C=O) groups is 2. The van der Waals surface area contributed by atoms with Crippen molar-refractivity contribution >= 4 is 11.9 Å². The third-order valence-electron chi connectivity index (χ3n) is 3.94. The zero-order chi connectivity index (χ0) is 15.2. The molecule has 21 heavy (non-hydrogen) atoms. The SMILES string of the molecule is COCCC(NC(=O)C1CCc2ccccc2C1)C(=O)O. The lowest BCUT2D eigenvalue weighted by Crippen LogP contribution is -2.45. The van der Waals surface area contributed by atoms with Crippen LogP contribution in [-0.2, 0) is 27.2 Å². The van der Waals surface area contributed by atoms with Gasteiger partial charge in [-0.3, -0.25) is 4.79 Å². The van der Waals surface area contributed by atoms with Gasteiger partial charge in [-0.25, -0.2) is 4.79 Å². The lowest BCUT2D eigenvalue weighted by Gasteiger charge is -2.25. The first-order valence-corrected chi connectivity index (χ1v) is 7.20. The number of hydrogen-bond donors (Lipinski definition) is 2. The lowest BCUT2D eigenvalue weighted by molar-refractivity contribution is -0.143. The Morgan fingerprint density at radius 1 is 1.38 bits per heavy atom. The second kappa shape index (κ2) is 7.22. The van der Waals surface area contributed by atoms with Crippen molar-refractivity contribution in [3.63, 3.8) is 0 Å². The Balaban J connectivity index is 1.96. The molecule has 1 amide bonds. The van der Waals surface area contributed by atoms with Gasteiger partial charge in [-0.15, -0.1) is 0 Å². The number of rotatable bonds is 6. The normalized spacial score (nSPS) is 18.6. The van der Waals surface area contributed by atoms with Crippen LogP contribution in [0.3, 0.4) is 0 Å². The molecule has 1 aromatic rings. The van der Waals surface area contributed by atoms with Gasteiger partial charge in [0.05, 0.1) is 0 Å². The Labute approximate surface area is 124 Å². The Hall–Kier alpha value is -1.88. The third-order valence-corrected chi connectivity index (χ3v) is 3.94. The van der Waals surface area contributed by atoms with E-state index in [1.807, 2.05) is 18.2 Å². The van der Waals surface area contributed by atoms with Gasteiger partial charge in [0.25, 0.3) is 0 Å². The zero-order valence-electron chi connectivity index (χ0n) is 12.2. The largest absolute Gasteiger partial charge is 0.480 e. The number of fused-ring (bicyclic) bond motifs is 1. The van der Waals surface area contributed by atoms with Crippen molar-refractivity contribution in [3.8, 4) is 0 Å². The molecular formula is C16H21NO4. The third kappa shape index (κ3) is 4.04. The van der Waals surface area contributed by atoms with E-state index in [1.165, 1.54) is 18.2 Å². The van der Waals surface area contributed by atoms with Gasteiger partial charge in [0, 0.05) is 26.1 Å². The van der Waals surface area contributed by atoms with E-state index in [0.717, 1.165) is 12.8 Å². The summed E-state index contributed by atoms with van der Waals surface area (Å²) < 4.78 is 4.88. The van der Waals surface area contributed by atoms with Gasteiger partial charge in [0.1, 0.15) is 6.04 Å². The molecule has 5 heteroatoms. The molecule has 0 aliphatic heterocycles. The Morgan fingerprint density at radius 3 is 2.76 bits per heavy atom. The summed E-state index contributed by atoms with van der Waals surface area (Å²) in [5.41, 5.74) is 2.48. The lowest BCUT2D eigenvalue weighted by atomic mass is 9.83. The summed E-state index contributed by atoms with van der Waals surface area (Å²) in [7, 11) is 1.51. The van der Waals surface area contributed by atoms with E-state index in [0.29, 0.717) is 13.0 Å². The van der Waals surface area contributed by atoms with Crippen LogP contribution in [-0.4, -0.2) is 36.7 Å². The summed E-state index contributed by atoms with van der Waals surface area (Å²) >= 11 is 0. The molecule has 0 saturated heterocycles. The summed E-state index contributed by atoms with van der Waals surface area (Å²) in [4.78, 5) is 23.4. The maximum absolute atomic E-state index is 12.3. The van der Waals surface area contributed by atoms with Crippen molar-refractivity contribution in [3.05, 3.63) is 35.4 Å². The number of methoxy groups -OCH3 is 1. The van der Waals surface area contributed by atoms with E-state index >= 15 is 0 Å².